The Morgan fingerprint density at radius 3 is 2.79 bits per heavy atom. The SMILES string of the molecule is Cc1nc(CSc2nnc(-c3cc(-c4cccs4)nc4ccccc34)o2)cs1. The van der Waals surface area contributed by atoms with Crippen molar-refractivity contribution in [3.8, 4) is 22.0 Å². The van der Waals surface area contributed by atoms with E-state index < -0.39 is 0 Å². The van der Waals surface area contributed by atoms with Crippen LogP contribution in [0.1, 0.15) is 10.7 Å². The van der Waals surface area contributed by atoms with Crippen LogP contribution in [0.3, 0.4) is 0 Å². The molecule has 5 rings (SSSR count). The summed E-state index contributed by atoms with van der Waals surface area (Å²) in [4.78, 5) is 10.4. The minimum Gasteiger partial charge on any atom is -0.411 e. The van der Waals surface area contributed by atoms with Crippen molar-refractivity contribution in [2.45, 2.75) is 17.9 Å². The zero-order chi connectivity index (χ0) is 18.9. The molecule has 4 heterocycles. The first-order valence-electron chi connectivity index (χ1n) is 8.57. The number of aryl methyl sites for hydroxylation is 1. The smallest absolute Gasteiger partial charge is 0.277 e. The van der Waals surface area contributed by atoms with E-state index in [0.717, 1.165) is 37.7 Å². The van der Waals surface area contributed by atoms with Crippen LogP contribution in [0.25, 0.3) is 32.9 Å². The molecule has 0 aliphatic heterocycles. The van der Waals surface area contributed by atoms with E-state index in [-0.39, 0.29) is 0 Å². The second-order valence-electron chi connectivity index (χ2n) is 6.07. The maximum absolute atomic E-state index is 5.97. The molecular formula is C20H14N4OS3. The molecule has 0 atom stereocenters. The number of thiophene rings is 1. The summed E-state index contributed by atoms with van der Waals surface area (Å²) in [7, 11) is 0. The lowest BCUT2D eigenvalue weighted by molar-refractivity contribution is 0.466. The highest BCUT2D eigenvalue weighted by Crippen LogP contribution is 2.34. The van der Waals surface area contributed by atoms with Gasteiger partial charge in [0.05, 0.1) is 32.4 Å². The van der Waals surface area contributed by atoms with E-state index in [2.05, 4.69) is 26.6 Å². The van der Waals surface area contributed by atoms with Crippen molar-refractivity contribution in [1.82, 2.24) is 20.2 Å². The average molecular weight is 423 g/mol. The van der Waals surface area contributed by atoms with E-state index >= 15 is 0 Å². The molecule has 138 valence electrons. The maximum Gasteiger partial charge on any atom is 0.277 e. The molecule has 0 radical (unpaired) electrons. The van der Waals surface area contributed by atoms with Crippen molar-refractivity contribution in [1.29, 1.82) is 0 Å². The molecule has 0 saturated carbocycles. The third-order valence-electron chi connectivity index (χ3n) is 4.14. The first kappa shape index (κ1) is 17.5. The van der Waals surface area contributed by atoms with Crippen LogP contribution in [-0.4, -0.2) is 20.2 Å². The third-order valence-corrected chi connectivity index (χ3v) is 6.70. The van der Waals surface area contributed by atoms with Gasteiger partial charge in [0.25, 0.3) is 5.22 Å². The fourth-order valence-electron chi connectivity index (χ4n) is 2.89. The Morgan fingerprint density at radius 2 is 1.96 bits per heavy atom. The van der Waals surface area contributed by atoms with Crippen LogP contribution < -0.4 is 0 Å². The number of hydrogen-bond acceptors (Lipinski definition) is 8. The van der Waals surface area contributed by atoms with Crippen molar-refractivity contribution in [2.24, 2.45) is 0 Å². The normalized spacial score (nSPS) is 11.3. The number of thioether (sulfide) groups is 1. The van der Waals surface area contributed by atoms with Crippen LogP contribution in [0.15, 0.2) is 62.9 Å². The molecule has 1 aromatic carbocycles. The second-order valence-corrected chi connectivity index (χ2v) is 9.01. The number of rotatable bonds is 5. The average Bonchev–Trinajstić information content (AvgIpc) is 3.47. The fraction of sp³-hybridized carbons (Fsp3) is 0.100. The molecule has 5 aromatic rings. The summed E-state index contributed by atoms with van der Waals surface area (Å²) in [5.74, 6) is 1.22. The highest BCUT2D eigenvalue weighted by molar-refractivity contribution is 7.98. The molecule has 0 aliphatic carbocycles. The molecule has 0 fully saturated rings. The maximum atomic E-state index is 5.97. The van der Waals surface area contributed by atoms with Gasteiger partial charge in [-0.05, 0) is 30.5 Å². The fourth-order valence-corrected chi connectivity index (χ4v) is 4.95. The molecule has 0 unspecified atom stereocenters. The molecule has 0 spiro atoms. The van der Waals surface area contributed by atoms with E-state index in [0.29, 0.717) is 16.9 Å². The van der Waals surface area contributed by atoms with Gasteiger partial charge in [0.1, 0.15) is 0 Å². The summed E-state index contributed by atoms with van der Waals surface area (Å²) < 4.78 is 5.97. The van der Waals surface area contributed by atoms with Crippen molar-refractivity contribution in [3.63, 3.8) is 0 Å². The quantitative estimate of drug-likeness (QED) is 0.320. The lowest BCUT2D eigenvalue weighted by Crippen LogP contribution is -1.88. The zero-order valence-corrected chi connectivity index (χ0v) is 17.3. The first-order chi connectivity index (χ1) is 13.8. The predicted octanol–water partition coefficient (Wildman–Crippen LogP) is 6.07. The van der Waals surface area contributed by atoms with Gasteiger partial charge in [-0.3, -0.25) is 0 Å². The number of benzene rings is 1. The number of fused-ring (bicyclic) bond motifs is 1. The van der Waals surface area contributed by atoms with Gasteiger partial charge in [-0.15, -0.1) is 32.9 Å². The third kappa shape index (κ3) is 3.46. The molecule has 0 bridgehead atoms. The molecule has 28 heavy (non-hydrogen) atoms. The van der Waals surface area contributed by atoms with Crippen LogP contribution in [0.2, 0.25) is 0 Å². The lowest BCUT2D eigenvalue weighted by atomic mass is 10.1. The van der Waals surface area contributed by atoms with Gasteiger partial charge in [-0.1, -0.05) is 36.0 Å². The Bertz CT molecular complexity index is 1240. The minimum absolute atomic E-state index is 0.508. The Kier molecular flexibility index (Phi) is 4.67. The molecule has 4 aromatic heterocycles. The first-order valence-corrected chi connectivity index (χ1v) is 11.3. The highest BCUT2D eigenvalue weighted by Gasteiger charge is 2.16. The predicted molar refractivity (Wildman–Crippen MR) is 115 cm³/mol. The molecule has 0 aliphatic rings. The lowest BCUT2D eigenvalue weighted by Gasteiger charge is -2.06. The molecule has 8 heteroatoms. The number of aromatic nitrogens is 4. The number of para-hydroxylation sites is 1. The van der Waals surface area contributed by atoms with Crippen LogP contribution >= 0.6 is 34.4 Å². The Balaban J connectivity index is 1.51. The minimum atomic E-state index is 0.508. The van der Waals surface area contributed by atoms with Gasteiger partial charge in [0.2, 0.25) is 5.89 Å². The van der Waals surface area contributed by atoms with Crippen LogP contribution in [-0.2, 0) is 5.75 Å². The number of pyridine rings is 1. The van der Waals surface area contributed by atoms with Gasteiger partial charge < -0.3 is 4.42 Å². The Labute approximate surface area is 173 Å². The Hall–Kier alpha value is -2.55. The van der Waals surface area contributed by atoms with Crippen LogP contribution in [0.5, 0.6) is 0 Å². The van der Waals surface area contributed by atoms with Crippen molar-refractivity contribution >= 4 is 45.3 Å². The summed E-state index contributed by atoms with van der Waals surface area (Å²) in [5.41, 5.74) is 3.75. The van der Waals surface area contributed by atoms with E-state index in [4.69, 9.17) is 9.40 Å². The topological polar surface area (TPSA) is 64.7 Å². The van der Waals surface area contributed by atoms with Gasteiger partial charge in [-0.25, -0.2) is 9.97 Å². The van der Waals surface area contributed by atoms with E-state index in [1.165, 1.54) is 11.8 Å². The van der Waals surface area contributed by atoms with Crippen LogP contribution in [0.4, 0.5) is 0 Å². The molecular weight excluding hydrogens is 408 g/mol. The molecule has 0 amide bonds. The number of nitrogens with zero attached hydrogens (tertiary/aromatic N) is 4. The van der Waals surface area contributed by atoms with Crippen LogP contribution in [0, 0.1) is 6.92 Å². The summed E-state index contributed by atoms with van der Waals surface area (Å²) in [6.45, 7) is 2.00. The van der Waals surface area contributed by atoms with Gasteiger partial charge in [-0.2, -0.15) is 0 Å². The molecule has 5 nitrogen and oxygen atoms in total. The summed E-state index contributed by atoms with van der Waals surface area (Å²) in [6, 6.07) is 14.1. The molecule has 0 N–H and O–H groups in total. The van der Waals surface area contributed by atoms with E-state index in [9.17, 15) is 0 Å². The van der Waals surface area contributed by atoms with E-state index in [1.807, 2.05) is 48.7 Å². The van der Waals surface area contributed by atoms with Crippen molar-refractivity contribution in [3.05, 3.63) is 63.9 Å². The van der Waals surface area contributed by atoms with Gasteiger partial charge in [0, 0.05) is 16.5 Å². The highest BCUT2D eigenvalue weighted by atomic mass is 32.2. The van der Waals surface area contributed by atoms with E-state index in [1.54, 1.807) is 22.7 Å². The molecule has 0 saturated heterocycles. The second kappa shape index (κ2) is 7.46. The van der Waals surface area contributed by atoms with Gasteiger partial charge >= 0.3 is 0 Å². The number of thiazole rings is 1. The largest absolute Gasteiger partial charge is 0.411 e. The summed E-state index contributed by atoms with van der Waals surface area (Å²) in [6.07, 6.45) is 0. The summed E-state index contributed by atoms with van der Waals surface area (Å²) >= 11 is 4.81. The Morgan fingerprint density at radius 1 is 1.04 bits per heavy atom. The number of hydrogen-bond donors (Lipinski definition) is 0. The van der Waals surface area contributed by atoms with Gasteiger partial charge in [0.15, 0.2) is 0 Å². The standard InChI is InChI=1S/C20H14N4OS3/c1-12-21-13(10-27-12)11-28-20-24-23-19(25-20)15-9-17(18-7-4-8-26-18)22-16-6-3-2-5-14(15)16/h2-10H,11H2,1H3. The summed E-state index contributed by atoms with van der Waals surface area (Å²) in [5, 5.41) is 15.2. The van der Waals surface area contributed by atoms with Crippen molar-refractivity contribution in [2.75, 3.05) is 0 Å². The monoisotopic (exact) mass is 422 g/mol. The van der Waals surface area contributed by atoms with Crippen molar-refractivity contribution < 1.29 is 4.42 Å². The zero-order valence-electron chi connectivity index (χ0n) is 14.8.